The van der Waals surface area contributed by atoms with Crippen molar-refractivity contribution in [3.63, 3.8) is 0 Å². The highest BCUT2D eigenvalue weighted by Gasteiger charge is 2.42. The van der Waals surface area contributed by atoms with Crippen molar-refractivity contribution in [3.05, 3.63) is 0 Å². The highest BCUT2D eigenvalue weighted by Crippen LogP contribution is 2.52. The number of hydrogen-bond donors (Lipinski definition) is 0. The van der Waals surface area contributed by atoms with Gasteiger partial charge >= 0.3 is 0 Å². The van der Waals surface area contributed by atoms with E-state index < -0.39 is 0 Å². The Morgan fingerprint density at radius 3 is 2.09 bits per heavy atom. The average Bonchev–Trinajstić information content (AvgIpc) is 2.34. The molecule has 0 aromatic rings. The third-order valence-electron chi connectivity index (χ3n) is 3.84. The lowest BCUT2D eigenvalue weighted by Crippen LogP contribution is -2.34. The van der Waals surface area contributed by atoms with Crippen LogP contribution in [-0.2, 0) is 0 Å². The first kappa shape index (κ1) is 7.91. The van der Waals surface area contributed by atoms with Gasteiger partial charge in [0, 0.05) is 5.88 Å². The lowest BCUT2D eigenvalue weighted by molar-refractivity contribution is 0.112. The van der Waals surface area contributed by atoms with Crippen molar-refractivity contribution < 1.29 is 0 Å². The summed E-state index contributed by atoms with van der Waals surface area (Å²) in [5, 5.41) is 0. The summed E-state index contributed by atoms with van der Waals surface area (Å²) in [7, 11) is 0. The van der Waals surface area contributed by atoms with Gasteiger partial charge in [-0.3, -0.25) is 0 Å². The van der Waals surface area contributed by atoms with Crippen molar-refractivity contribution in [2.24, 2.45) is 11.3 Å². The van der Waals surface area contributed by atoms with Gasteiger partial charge in [0.2, 0.25) is 0 Å². The van der Waals surface area contributed by atoms with Gasteiger partial charge in [-0.1, -0.05) is 19.3 Å². The predicted octanol–water partition coefficient (Wildman–Crippen LogP) is 3.59. The standard InChI is InChI=1S/C10H17Cl/c11-8-10(6-1-2-7-10)9-4-3-5-9/h9H,1-8H2. The van der Waals surface area contributed by atoms with E-state index in [1.165, 1.54) is 44.9 Å². The van der Waals surface area contributed by atoms with E-state index in [4.69, 9.17) is 11.6 Å². The highest BCUT2D eigenvalue weighted by molar-refractivity contribution is 6.18. The summed E-state index contributed by atoms with van der Waals surface area (Å²) in [6, 6.07) is 0. The Kier molecular flexibility index (Phi) is 2.14. The monoisotopic (exact) mass is 172 g/mol. The zero-order valence-corrected chi connectivity index (χ0v) is 7.87. The second-order valence-corrected chi connectivity index (χ2v) is 4.60. The number of rotatable bonds is 2. The summed E-state index contributed by atoms with van der Waals surface area (Å²) in [4.78, 5) is 0. The fraction of sp³-hybridized carbons (Fsp3) is 1.00. The maximum absolute atomic E-state index is 6.07. The Morgan fingerprint density at radius 1 is 1.09 bits per heavy atom. The molecular formula is C10H17Cl. The van der Waals surface area contributed by atoms with Gasteiger partial charge in [-0.2, -0.15) is 0 Å². The number of alkyl halides is 1. The Balaban J connectivity index is 2.02. The molecule has 11 heavy (non-hydrogen) atoms. The van der Waals surface area contributed by atoms with Gasteiger partial charge in [0.25, 0.3) is 0 Å². The summed E-state index contributed by atoms with van der Waals surface area (Å²) in [5.74, 6) is 1.93. The minimum atomic E-state index is 0.597. The second-order valence-electron chi connectivity index (χ2n) is 4.33. The van der Waals surface area contributed by atoms with Crippen LogP contribution in [0.1, 0.15) is 44.9 Å². The van der Waals surface area contributed by atoms with Gasteiger partial charge in [-0.15, -0.1) is 11.6 Å². The van der Waals surface area contributed by atoms with Crippen LogP contribution in [0.15, 0.2) is 0 Å². The number of halogens is 1. The molecule has 2 aliphatic rings. The van der Waals surface area contributed by atoms with Crippen molar-refractivity contribution in [1.82, 2.24) is 0 Å². The molecule has 64 valence electrons. The van der Waals surface area contributed by atoms with E-state index >= 15 is 0 Å². The van der Waals surface area contributed by atoms with E-state index in [2.05, 4.69) is 0 Å². The topological polar surface area (TPSA) is 0 Å². The minimum Gasteiger partial charge on any atom is -0.126 e. The predicted molar refractivity (Wildman–Crippen MR) is 49.0 cm³/mol. The molecule has 2 aliphatic carbocycles. The van der Waals surface area contributed by atoms with Gasteiger partial charge in [0.15, 0.2) is 0 Å². The van der Waals surface area contributed by atoms with Crippen molar-refractivity contribution >= 4 is 11.6 Å². The summed E-state index contributed by atoms with van der Waals surface area (Å²) in [5.41, 5.74) is 0.597. The van der Waals surface area contributed by atoms with Crippen LogP contribution in [0, 0.1) is 11.3 Å². The maximum atomic E-state index is 6.07. The first-order valence-electron chi connectivity index (χ1n) is 4.93. The molecule has 0 atom stereocenters. The largest absolute Gasteiger partial charge is 0.126 e. The molecule has 0 heterocycles. The van der Waals surface area contributed by atoms with Crippen LogP contribution in [0.4, 0.5) is 0 Å². The molecule has 1 heteroatoms. The molecule has 0 aliphatic heterocycles. The van der Waals surface area contributed by atoms with Crippen molar-refractivity contribution in [1.29, 1.82) is 0 Å². The van der Waals surface area contributed by atoms with Gasteiger partial charge in [-0.25, -0.2) is 0 Å². The molecule has 0 aromatic heterocycles. The van der Waals surface area contributed by atoms with Crippen LogP contribution in [-0.4, -0.2) is 5.88 Å². The van der Waals surface area contributed by atoms with E-state index in [1.807, 2.05) is 0 Å². The normalized spacial score (nSPS) is 30.3. The molecule has 2 fully saturated rings. The molecule has 0 bridgehead atoms. The first-order chi connectivity index (χ1) is 5.37. The van der Waals surface area contributed by atoms with E-state index in [-0.39, 0.29) is 0 Å². The molecule has 0 nitrogen and oxygen atoms in total. The Morgan fingerprint density at radius 2 is 1.73 bits per heavy atom. The van der Waals surface area contributed by atoms with Crippen LogP contribution in [0.3, 0.4) is 0 Å². The summed E-state index contributed by atoms with van der Waals surface area (Å²) < 4.78 is 0. The Bertz CT molecular complexity index is 132. The fourth-order valence-electron chi connectivity index (χ4n) is 2.75. The zero-order valence-electron chi connectivity index (χ0n) is 7.11. The van der Waals surface area contributed by atoms with Crippen molar-refractivity contribution in [2.45, 2.75) is 44.9 Å². The first-order valence-corrected chi connectivity index (χ1v) is 5.47. The summed E-state index contributed by atoms with van der Waals surface area (Å²) in [6.07, 6.45) is 10.1. The molecule has 0 N–H and O–H groups in total. The lowest BCUT2D eigenvalue weighted by atomic mass is 9.65. The smallest absolute Gasteiger partial charge is 0.0282 e. The molecule has 0 aromatic carbocycles. The van der Waals surface area contributed by atoms with Crippen molar-refractivity contribution in [3.8, 4) is 0 Å². The van der Waals surface area contributed by atoms with Gasteiger partial charge in [0.1, 0.15) is 0 Å². The van der Waals surface area contributed by atoms with Crippen LogP contribution < -0.4 is 0 Å². The fourth-order valence-corrected chi connectivity index (χ4v) is 3.24. The highest BCUT2D eigenvalue weighted by atomic mass is 35.5. The molecule has 0 saturated heterocycles. The van der Waals surface area contributed by atoms with Gasteiger partial charge in [-0.05, 0) is 37.0 Å². The molecule has 0 amide bonds. The third kappa shape index (κ3) is 1.20. The van der Waals surface area contributed by atoms with E-state index in [0.717, 1.165) is 11.8 Å². The van der Waals surface area contributed by atoms with E-state index in [9.17, 15) is 0 Å². The van der Waals surface area contributed by atoms with Crippen LogP contribution >= 0.6 is 11.6 Å². The third-order valence-corrected chi connectivity index (χ3v) is 4.37. The van der Waals surface area contributed by atoms with Crippen LogP contribution in [0.5, 0.6) is 0 Å². The van der Waals surface area contributed by atoms with Gasteiger partial charge in [0.05, 0.1) is 0 Å². The molecule has 2 rings (SSSR count). The zero-order chi connectivity index (χ0) is 7.73. The number of hydrogen-bond acceptors (Lipinski definition) is 0. The molecule has 2 saturated carbocycles. The summed E-state index contributed by atoms with van der Waals surface area (Å²) >= 11 is 6.07. The van der Waals surface area contributed by atoms with E-state index in [0.29, 0.717) is 5.41 Å². The minimum absolute atomic E-state index is 0.597. The van der Waals surface area contributed by atoms with Gasteiger partial charge < -0.3 is 0 Å². The van der Waals surface area contributed by atoms with Crippen molar-refractivity contribution in [2.75, 3.05) is 5.88 Å². The van der Waals surface area contributed by atoms with Crippen LogP contribution in [0.25, 0.3) is 0 Å². The Labute approximate surface area is 74.3 Å². The average molecular weight is 173 g/mol. The maximum Gasteiger partial charge on any atom is 0.0282 e. The lowest BCUT2D eigenvalue weighted by Gasteiger charge is -2.41. The van der Waals surface area contributed by atoms with Crippen LogP contribution in [0.2, 0.25) is 0 Å². The summed E-state index contributed by atoms with van der Waals surface area (Å²) in [6.45, 7) is 0. The Hall–Kier alpha value is 0.290. The molecule has 0 radical (unpaired) electrons. The molecular weight excluding hydrogens is 156 g/mol. The van der Waals surface area contributed by atoms with E-state index in [1.54, 1.807) is 0 Å². The quantitative estimate of drug-likeness (QED) is 0.559. The molecule has 0 unspecified atom stereocenters. The second kappa shape index (κ2) is 2.97. The molecule has 0 spiro atoms. The SMILES string of the molecule is ClCC1(C2CCC2)CCCC1.